The molecule has 2 aromatic rings. The summed E-state index contributed by atoms with van der Waals surface area (Å²) in [6, 6.07) is 3.92. The van der Waals surface area contributed by atoms with Gasteiger partial charge in [0.15, 0.2) is 3.77 Å². The normalized spacial score (nSPS) is 10.6. The van der Waals surface area contributed by atoms with Gasteiger partial charge in [0.2, 0.25) is 0 Å². The minimum atomic E-state index is 0.699. The molecule has 0 aliphatic heterocycles. The van der Waals surface area contributed by atoms with Gasteiger partial charge in [-0.1, -0.05) is 0 Å². The van der Waals surface area contributed by atoms with Crippen LogP contribution in [0.1, 0.15) is 17.1 Å². The largest absolute Gasteiger partial charge is 0.454 e. The highest BCUT2D eigenvalue weighted by Crippen LogP contribution is 2.09. The molecule has 0 saturated heterocycles. The average molecular weight is 329 g/mol. The van der Waals surface area contributed by atoms with Gasteiger partial charge in [-0.15, -0.1) is 0 Å². The Morgan fingerprint density at radius 2 is 2.12 bits per heavy atom. The predicted octanol–water partition coefficient (Wildman–Crippen LogP) is 2.27. The highest BCUT2D eigenvalue weighted by atomic mass is 127. The van der Waals surface area contributed by atoms with E-state index in [-0.39, 0.29) is 0 Å². The van der Waals surface area contributed by atoms with Gasteiger partial charge in [0.1, 0.15) is 5.76 Å². The Morgan fingerprint density at radius 1 is 1.25 bits per heavy atom. The van der Waals surface area contributed by atoms with Gasteiger partial charge in [-0.05, 0) is 41.6 Å². The average Bonchev–Trinajstić information content (AvgIpc) is 2.67. The number of nitrogens with one attached hydrogen (secondary N) is 1. The van der Waals surface area contributed by atoms with Crippen LogP contribution in [0.4, 0.5) is 0 Å². The number of nitrogens with zero attached hydrogens (tertiary/aromatic N) is 2. The van der Waals surface area contributed by atoms with Gasteiger partial charge in [0.05, 0.1) is 17.9 Å². The molecule has 4 nitrogen and oxygen atoms in total. The minimum Gasteiger partial charge on any atom is -0.454 e. The fourth-order valence-corrected chi connectivity index (χ4v) is 1.73. The van der Waals surface area contributed by atoms with Gasteiger partial charge in [-0.25, -0.2) is 0 Å². The molecular formula is C11H12IN3O. The minimum absolute atomic E-state index is 0.699. The van der Waals surface area contributed by atoms with Gasteiger partial charge in [-0.3, -0.25) is 9.97 Å². The summed E-state index contributed by atoms with van der Waals surface area (Å²) >= 11 is 2.15. The molecule has 1 N–H and O–H groups in total. The maximum Gasteiger partial charge on any atom is 0.164 e. The van der Waals surface area contributed by atoms with E-state index in [1.165, 1.54) is 0 Å². The molecule has 84 valence electrons. The van der Waals surface area contributed by atoms with Crippen LogP contribution < -0.4 is 5.32 Å². The lowest BCUT2D eigenvalue weighted by atomic mass is 10.4. The van der Waals surface area contributed by atoms with Crippen LogP contribution in [0.2, 0.25) is 0 Å². The zero-order valence-corrected chi connectivity index (χ0v) is 11.1. The lowest BCUT2D eigenvalue weighted by Gasteiger charge is -2.01. The standard InChI is InChI=1S/C11H12IN3O/c1-8-4-15-9(6-14-8)5-13-7-10-2-3-11(12)16-10/h2-4,6,13H,5,7H2,1H3. The van der Waals surface area contributed by atoms with Crippen LogP contribution in [0.5, 0.6) is 0 Å². The second-order valence-corrected chi connectivity index (χ2v) is 4.52. The first kappa shape index (κ1) is 11.5. The molecule has 0 aliphatic carbocycles. The topological polar surface area (TPSA) is 51.0 Å². The Hall–Kier alpha value is -0.950. The molecule has 0 amide bonds. The van der Waals surface area contributed by atoms with Crippen LogP contribution in [0, 0.1) is 10.7 Å². The lowest BCUT2D eigenvalue weighted by Crippen LogP contribution is -2.13. The lowest BCUT2D eigenvalue weighted by molar-refractivity contribution is 0.462. The molecule has 16 heavy (non-hydrogen) atoms. The van der Waals surface area contributed by atoms with Crippen LogP contribution in [-0.2, 0) is 13.1 Å². The Morgan fingerprint density at radius 3 is 2.75 bits per heavy atom. The quantitative estimate of drug-likeness (QED) is 0.875. The molecule has 0 unspecified atom stereocenters. The summed E-state index contributed by atoms with van der Waals surface area (Å²) in [5.74, 6) is 0.935. The van der Waals surface area contributed by atoms with E-state index in [2.05, 4.69) is 37.9 Å². The smallest absolute Gasteiger partial charge is 0.164 e. The highest BCUT2D eigenvalue weighted by Gasteiger charge is 1.99. The van der Waals surface area contributed by atoms with Crippen LogP contribution in [-0.4, -0.2) is 9.97 Å². The highest BCUT2D eigenvalue weighted by molar-refractivity contribution is 14.1. The summed E-state index contributed by atoms with van der Waals surface area (Å²) < 4.78 is 6.34. The Bertz CT molecular complexity index is 453. The van der Waals surface area contributed by atoms with E-state index < -0.39 is 0 Å². The molecule has 2 rings (SSSR count). The van der Waals surface area contributed by atoms with Crippen LogP contribution >= 0.6 is 22.6 Å². The summed E-state index contributed by atoms with van der Waals surface area (Å²) in [7, 11) is 0. The Labute approximate surface area is 108 Å². The summed E-state index contributed by atoms with van der Waals surface area (Å²) in [5, 5.41) is 3.25. The first-order valence-electron chi connectivity index (χ1n) is 4.96. The van der Waals surface area contributed by atoms with Crippen molar-refractivity contribution in [2.75, 3.05) is 0 Å². The van der Waals surface area contributed by atoms with Crippen molar-refractivity contribution >= 4 is 22.6 Å². The second kappa shape index (κ2) is 5.40. The molecule has 0 spiro atoms. The Kier molecular flexibility index (Phi) is 3.89. The molecule has 0 atom stereocenters. The third-order valence-corrected chi connectivity index (χ3v) is 2.65. The summed E-state index contributed by atoms with van der Waals surface area (Å²) in [4.78, 5) is 8.44. The Balaban J connectivity index is 1.82. The molecule has 5 heteroatoms. The van der Waals surface area contributed by atoms with Crippen molar-refractivity contribution in [3.05, 3.63) is 45.4 Å². The van der Waals surface area contributed by atoms with Gasteiger partial charge >= 0.3 is 0 Å². The first-order chi connectivity index (χ1) is 7.74. The van der Waals surface area contributed by atoms with Crippen molar-refractivity contribution < 1.29 is 4.42 Å². The van der Waals surface area contributed by atoms with Crippen molar-refractivity contribution in [2.24, 2.45) is 0 Å². The van der Waals surface area contributed by atoms with Crippen molar-refractivity contribution in [3.8, 4) is 0 Å². The molecule has 0 bridgehead atoms. The van der Waals surface area contributed by atoms with Gasteiger partial charge in [0, 0.05) is 18.9 Å². The third-order valence-electron chi connectivity index (χ3n) is 2.07. The number of hydrogen-bond acceptors (Lipinski definition) is 4. The molecular weight excluding hydrogens is 317 g/mol. The number of rotatable bonds is 4. The monoisotopic (exact) mass is 329 g/mol. The number of hydrogen-bond donors (Lipinski definition) is 1. The summed E-state index contributed by atoms with van der Waals surface area (Å²) in [6.07, 6.45) is 3.56. The number of aryl methyl sites for hydroxylation is 1. The molecule has 2 heterocycles. The van der Waals surface area contributed by atoms with Crippen molar-refractivity contribution in [3.63, 3.8) is 0 Å². The fraction of sp³-hybridized carbons (Fsp3) is 0.273. The number of halogens is 1. The van der Waals surface area contributed by atoms with E-state index in [1.807, 2.05) is 19.1 Å². The summed E-state index contributed by atoms with van der Waals surface area (Å²) in [6.45, 7) is 3.33. The van der Waals surface area contributed by atoms with Crippen LogP contribution in [0.3, 0.4) is 0 Å². The van der Waals surface area contributed by atoms with Crippen molar-refractivity contribution in [2.45, 2.75) is 20.0 Å². The molecule has 0 aromatic carbocycles. The number of aromatic nitrogens is 2. The van der Waals surface area contributed by atoms with E-state index in [9.17, 15) is 0 Å². The van der Waals surface area contributed by atoms with E-state index in [1.54, 1.807) is 12.4 Å². The van der Waals surface area contributed by atoms with E-state index in [4.69, 9.17) is 4.42 Å². The van der Waals surface area contributed by atoms with Gasteiger partial charge in [-0.2, -0.15) is 0 Å². The summed E-state index contributed by atoms with van der Waals surface area (Å²) in [5.41, 5.74) is 1.87. The maximum atomic E-state index is 5.43. The van der Waals surface area contributed by atoms with Gasteiger partial charge in [0.25, 0.3) is 0 Å². The van der Waals surface area contributed by atoms with E-state index >= 15 is 0 Å². The van der Waals surface area contributed by atoms with Crippen LogP contribution in [0.25, 0.3) is 0 Å². The predicted molar refractivity (Wildman–Crippen MR) is 68.7 cm³/mol. The molecule has 0 radical (unpaired) electrons. The zero-order valence-electron chi connectivity index (χ0n) is 8.90. The molecule has 0 fully saturated rings. The van der Waals surface area contributed by atoms with Gasteiger partial charge < -0.3 is 9.73 Å². The maximum absolute atomic E-state index is 5.43. The third kappa shape index (κ3) is 3.28. The fourth-order valence-electron chi connectivity index (χ4n) is 1.27. The van der Waals surface area contributed by atoms with E-state index in [0.717, 1.165) is 20.9 Å². The number of furan rings is 1. The zero-order chi connectivity index (χ0) is 11.4. The second-order valence-electron chi connectivity index (χ2n) is 3.46. The first-order valence-corrected chi connectivity index (χ1v) is 6.04. The SMILES string of the molecule is Cc1cnc(CNCc2ccc(I)o2)cn1. The van der Waals surface area contributed by atoms with Crippen molar-refractivity contribution in [1.82, 2.24) is 15.3 Å². The van der Waals surface area contributed by atoms with Crippen LogP contribution in [0.15, 0.2) is 28.9 Å². The molecule has 2 aromatic heterocycles. The van der Waals surface area contributed by atoms with Crippen molar-refractivity contribution in [1.29, 1.82) is 0 Å². The van der Waals surface area contributed by atoms with E-state index in [0.29, 0.717) is 13.1 Å². The molecule has 0 saturated carbocycles. The molecule has 0 aliphatic rings.